The number of fused-ring (bicyclic) bond motifs is 15. The minimum atomic E-state index is -0.417. The molecule has 0 N–H and O–H groups in total. The third kappa shape index (κ3) is 3.65. The minimum Gasteiger partial charge on any atom is -0.456 e. The van der Waals surface area contributed by atoms with Gasteiger partial charge in [-0.3, -0.25) is 0 Å². The highest BCUT2D eigenvalue weighted by Crippen LogP contribution is 2.62. The SMILES string of the molecule is c1ccc2c(c1)Sc1ccccc1C21c2ccccc2-c2cc3c4ccccc4n(-c4ccc(-c5ccc6oc7ccccc7c6c5)cc4)c3cc21. The van der Waals surface area contributed by atoms with Crippen molar-refractivity contribution in [3.05, 3.63) is 198 Å². The Labute approximate surface area is 304 Å². The van der Waals surface area contributed by atoms with Gasteiger partial charge in [-0.15, -0.1) is 0 Å². The van der Waals surface area contributed by atoms with Gasteiger partial charge < -0.3 is 8.98 Å². The van der Waals surface area contributed by atoms with Crippen LogP contribution in [0.15, 0.2) is 190 Å². The third-order valence-electron chi connectivity index (χ3n) is 11.5. The predicted molar refractivity (Wildman–Crippen MR) is 215 cm³/mol. The molecule has 0 atom stereocenters. The molecule has 0 saturated heterocycles. The second-order valence-corrected chi connectivity index (χ2v) is 15.1. The number of para-hydroxylation sites is 2. The monoisotopic (exact) mass is 679 g/mol. The summed E-state index contributed by atoms with van der Waals surface area (Å²) in [5, 5.41) is 4.83. The number of nitrogens with zero attached hydrogens (tertiary/aromatic N) is 1. The molecule has 0 unspecified atom stereocenters. The first-order valence-electron chi connectivity index (χ1n) is 17.8. The lowest BCUT2D eigenvalue weighted by Gasteiger charge is -2.39. The molecule has 10 aromatic rings. The summed E-state index contributed by atoms with van der Waals surface area (Å²) in [7, 11) is 0. The van der Waals surface area contributed by atoms with Crippen molar-refractivity contribution in [2.75, 3.05) is 0 Å². The fourth-order valence-electron chi connectivity index (χ4n) is 9.30. The van der Waals surface area contributed by atoms with Crippen LogP contribution in [-0.4, -0.2) is 4.57 Å². The minimum absolute atomic E-state index is 0.417. The van der Waals surface area contributed by atoms with E-state index in [1.54, 1.807) is 0 Å². The lowest BCUT2D eigenvalue weighted by Crippen LogP contribution is -2.31. The van der Waals surface area contributed by atoms with Gasteiger partial charge in [-0.05, 0) is 105 Å². The summed E-state index contributed by atoms with van der Waals surface area (Å²) in [5.41, 5.74) is 15.4. The Hall–Kier alpha value is -6.29. The number of benzene rings is 8. The summed E-state index contributed by atoms with van der Waals surface area (Å²) in [5.74, 6) is 0. The summed E-state index contributed by atoms with van der Waals surface area (Å²) in [6, 6.07) is 64.9. The highest BCUT2D eigenvalue weighted by atomic mass is 32.2. The van der Waals surface area contributed by atoms with Crippen LogP contribution in [0.3, 0.4) is 0 Å². The van der Waals surface area contributed by atoms with Crippen molar-refractivity contribution in [1.82, 2.24) is 4.57 Å². The van der Waals surface area contributed by atoms with Gasteiger partial charge in [0.15, 0.2) is 0 Å². The van der Waals surface area contributed by atoms with Gasteiger partial charge in [0.05, 0.1) is 16.4 Å². The summed E-state index contributed by atoms with van der Waals surface area (Å²) >= 11 is 1.89. The van der Waals surface area contributed by atoms with Crippen LogP contribution in [0.5, 0.6) is 0 Å². The maximum absolute atomic E-state index is 6.12. The molecule has 0 bridgehead atoms. The van der Waals surface area contributed by atoms with Gasteiger partial charge in [0.25, 0.3) is 0 Å². The van der Waals surface area contributed by atoms with Gasteiger partial charge >= 0.3 is 0 Å². The molecule has 0 radical (unpaired) electrons. The van der Waals surface area contributed by atoms with Gasteiger partial charge in [-0.1, -0.05) is 127 Å². The molecule has 1 aliphatic carbocycles. The summed E-state index contributed by atoms with van der Waals surface area (Å²) in [6.45, 7) is 0. The lowest BCUT2D eigenvalue weighted by atomic mass is 9.67. The smallest absolute Gasteiger partial charge is 0.135 e. The fraction of sp³-hybridized carbons (Fsp3) is 0.0204. The lowest BCUT2D eigenvalue weighted by molar-refractivity contribution is 0.669. The fourth-order valence-corrected chi connectivity index (χ4v) is 10.5. The van der Waals surface area contributed by atoms with Crippen LogP contribution in [0, 0.1) is 0 Å². The Morgan fingerprint density at radius 2 is 1.04 bits per heavy atom. The van der Waals surface area contributed by atoms with Crippen molar-refractivity contribution < 1.29 is 4.42 Å². The van der Waals surface area contributed by atoms with E-state index < -0.39 is 5.41 Å². The van der Waals surface area contributed by atoms with Crippen molar-refractivity contribution in [2.45, 2.75) is 15.2 Å². The van der Waals surface area contributed by atoms with Crippen LogP contribution in [0.1, 0.15) is 22.3 Å². The molecular weight excluding hydrogens is 651 g/mol. The maximum atomic E-state index is 6.12. The largest absolute Gasteiger partial charge is 0.456 e. The molecular formula is C49H29NOS. The zero-order valence-corrected chi connectivity index (χ0v) is 28.8. The Bertz CT molecular complexity index is 3060. The number of furan rings is 1. The van der Waals surface area contributed by atoms with Crippen LogP contribution < -0.4 is 0 Å². The molecule has 3 heterocycles. The molecule has 242 valence electrons. The van der Waals surface area contributed by atoms with Crippen molar-refractivity contribution in [3.8, 4) is 27.9 Å². The molecule has 8 aromatic carbocycles. The molecule has 0 saturated carbocycles. The zero-order chi connectivity index (χ0) is 34.0. The molecule has 3 heteroatoms. The van der Waals surface area contributed by atoms with Crippen LogP contribution >= 0.6 is 11.8 Å². The quantitative estimate of drug-likeness (QED) is 0.181. The second kappa shape index (κ2) is 10.4. The van der Waals surface area contributed by atoms with E-state index in [1.165, 1.54) is 76.1 Å². The van der Waals surface area contributed by atoms with Crippen molar-refractivity contribution in [1.29, 1.82) is 0 Å². The molecule has 2 aliphatic rings. The van der Waals surface area contributed by atoms with Crippen LogP contribution in [0.4, 0.5) is 0 Å². The number of aromatic nitrogens is 1. The highest BCUT2D eigenvalue weighted by molar-refractivity contribution is 7.99. The van der Waals surface area contributed by atoms with E-state index in [0.29, 0.717) is 0 Å². The van der Waals surface area contributed by atoms with Gasteiger partial charge in [-0.2, -0.15) is 0 Å². The van der Waals surface area contributed by atoms with E-state index in [1.807, 2.05) is 23.9 Å². The Balaban J connectivity index is 1.10. The molecule has 2 nitrogen and oxygen atoms in total. The Morgan fingerprint density at radius 1 is 0.404 bits per heavy atom. The zero-order valence-electron chi connectivity index (χ0n) is 28.0. The summed E-state index contributed by atoms with van der Waals surface area (Å²) in [6.07, 6.45) is 0. The molecule has 0 amide bonds. The predicted octanol–water partition coefficient (Wildman–Crippen LogP) is 13.2. The van der Waals surface area contributed by atoms with Gasteiger partial charge in [-0.25, -0.2) is 0 Å². The first-order chi connectivity index (χ1) is 25.8. The topological polar surface area (TPSA) is 18.1 Å². The van der Waals surface area contributed by atoms with E-state index in [4.69, 9.17) is 4.42 Å². The van der Waals surface area contributed by atoms with Crippen molar-refractivity contribution >= 4 is 55.5 Å². The average Bonchev–Trinajstić information content (AvgIpc) is 3.83. The van der Waals surface area contributed by atoms with Crippen LogP contribution in [0.25, 0.3) is 71.7 Å². The molecule has 12 rings (SSSR count). The molecule has 2 aromatic heterocycles. The van der Waals surface area contributed by atoms with E-state index >= 15 is 0 Å². The maximum Gasteiger partial charge on any atom is 0.135 e. The third-order valence-corrected chi connectivity index (χ3v) is 12.6. The first kappa shape index (κ1) is 28.4. The van der Waals surface area contributed by atoms with Gasteiger partial charge in [0.1, 0.15) is 11.2 Å². The van der Waals surface area contributed by atoms with Gasteiger partial charge in [0, 0.05) is 37.0 Å². The molecule has 1 aliphatic heterocycles. The van der Waals surface area contributed by atoms with Crippen LogP contribution in [0.2, 0.25) is 0 Å². The Morgan fingerprint density at radius 3 is 1.85 bits per heavy atom. The average molecular weight is 680 g/mol. The first-order valence-corrected chi connectivity index (χ1v) is 18.7. The van der Waals surface area contributed by atoms with E-state index in [2.05, 4.69) is 168 Å². The number of hydrogen-bond acceptors (Lipinski definition) is 2. The second-order valence-electron chi connectivity index (χ2n) is 14.0. The number of rotatable bonds is 2. The van der Waals surface area contributed by atoms with E-state index in [0.717, 1.165) is 27.6 Å². The van der Waals surface area contributed by atoms with E-state index in [-0.39, 0.29) is 0 Å². The number of hydrogen-bond donors (Lipinski definition) is 0. The van der Waals surface area contributed by atoms with Crippen molar-refractivity contribution in [3.63, 3.8) is 0 Å². The molecule has 0 fully saturated rings. The summed E-state index contributed by atoms with van der Waals surface area (Å²) in [4.78, 5) is 2.64. The van der Waals surface area contributed by atoms with Crippen molar-refractivity contribution in [2.24, 2.45) is 0 Å². The molecule has 52 heavy (non-hydrogen) atoms. The summed E-state index contributed by atoms with van der Waals surface area (Å²) < 4.78 is 8.59. The standard InChI is InChI=1S/C49H29NOS/c1-4-14-39-33(11-1)36-28-37-34-12-2-7-17-43(34)50(32-24-21-30(22-25-32)31-23-26-46-38(27-31)35-13-3-8-18-45(35)51-46)44(37)29-42(36)49(39)40-15-5-9-19-47(40)52-48-20-10-6-16-41(48)49/h1-29H. The van der Waals surface area contributed by atoms with E-state index in [9.17, 15) is 0 Å². The molecule has 1 spiro atoms. The van der Waals surface area contributed by atoms with Gasteiger partial charge in [0.2, 0.25) is 0 Å². The normalized spacial score (nSPS) is 13.8. The Kier molecular flexibility index (Phi) is 5.67. The highest BCUT2D eigenvalue weighted by Gasteiger charge is 2.50. The van der Waals surface area contributed by atoms with Crippen LogP contribution in [-0.2, 0) is 5.41 Å².